The molecule has 30 heavy (non-hydrogen) atoms. The Morgan fingerprint density at radius 1 is 1.20 bits per heavy atom. The van der Waals surface area contributed by atoms with Crippen molar-refractivity contribution in [1.82, 2.24) is 4.68 Å². The van der Waals surface area contributed by atoms with Crippen LogP contribution in [0.1, 0.15) is 5.56 Å². The summed E-state index contributed by atoms with van der Waals surface area (Å²) >= 11 is 1.37. The topological polar surface area (TPSA) is 93.1 Å². The third kappa shape index (κ3) is 3.35. The number of aromatic nitrogens is 1. The number of nitro groups is 1. The minimum Gasteiger partial charge on any atom is -0.309 e. The number of anilines is 1. The second kappa shape index (κ2) is 7.88. The van der Waals surface area contributed by atoms with Crippen molar-refractivity contribution in [2.24, 2.45) is 10.1 Å². The van der Waals surface area contributed by atoms with Crippen LogP contribution in [0, 0.1) is 10.1 Å². The van der Waals surface area contributed by atoms with Crippen LogP contribution >= 0.6 is 11.3 Å². The maximum atomic E-state index is 12.8. The van der Waals surface area contributed by atoms with Gasteiger partial charge >= 0.3 is 0 Å². The molecule has 0 bridgehead atoms. The molecule has 150 valence electrons. The number of nitrogens with zero attached hydrogens (tertiary/aromatic N) is 5. The lowest BCUT2D eigenvalue weighted by atomic mass is 10.1. The number of likely N-dealkylation sites (N-methyl/N-ethyl adjacent to an activating group) is 1. The van der Waals surface area contributed by atoms with E-state index in [0.717, 1.165) is 16.8 Å². The van der Waals surface area contributed by atoms with E-state index in [4.69, 9.17) is 0 Å². The Kier molecular flexibility index (Phi) is 5.11. The molecule has 1 amide bonds. The molecule has 9 heteroatoms. The van der Waals surface area contributed by atoms with Gasteiger partial charge in [0.25, 0.3) is 11.6 Å². The molecule has 0 unspecified atom stereocenters. The molecule has 0 aliphatic carbocycles. The number of amides is 1. The number of carbonyl (C=O) groups excluding carboxylic acids is 1. The van der Waals surface area contributed by atoms with Crippen molar-refractivity contribution in [1.29, 1.82) is 0 Å². The number of non-ortho nitro benzene ring substituents is 1. The highest BCUT2D eigenvalue weighted by molar-refractivity contribution is 7.07. The molecule has 2 aromatic carbocycles. The zero-order valence-electron chi connectivity index (χ0n) is 16.1. The molecule has 0 spiro atoms. The van der Waals surface area contributed by atoms with Gasteiger partial charge in [0, 0.05) is 35.7 Å². The Morgan fingerprint density at radius 2 is 1.93 bits per heavy atom. The Bertz CT molecular complexity index is 1250. The summed E-state index contributed by atoms with van der Waals surface area (Å²) in [7, 11) is 1.71. The van der Waals surface area contributed by atoms with Gasteiger partial charge in [-0.2, -0.15) is 5.10 Å². The molecule has 1 aromatic heterocycles. The summed E-state index contributed by atoms with van der Waals surface area (Å²) in [6.45, 7) is 4.09. The van der Waals surface area contributed by atoms with E-state index in [1.807, 2.05) is 29.6 Å². The maximum Gasteiger partial charge on any atom is 0.279 e. The summed E-state index contributed by atoms with van der Waals surface area (Å²) in [4.78, 5) is 30.0. The van der Waals surface area contributed by atoms with E-state index in [1.165, 1.54) is 23.5 Å². The Balaban J connectivity index is 1.90. The first-order valence-electron chi connectivity index (χ1n) is 9.04. The molecule has 8 nitrogen and oxygen atoms in total. The fourth-order valence-electron chi connectivity index (χ4n) is 3.15. The van der Waals surface area contributed by atoms with E-state index in [2.05, 4.69) is 16.7 Å². The number of hydrogen-bond donors (Lipinski definition) is 0. The zero-order valence-corrected chi connectivity index (χ0v) is 16.9. The Hall–Kier alpha value is -3.85. The highest BCUT2D eigenvalue weighted by atomic mass is 32.1. The largest absolute Gasteiger partial charge is 0.309 e. The molecule has 1 aliphatic heterocycles. The molecule has 3 aromatic rings. The van der Waals surface area contributed by atoms with Crippen molar-refractivity contribution in [2.45, 2.75) is 0 Å². The standard InChI is InChI=1S/C21H17N5O3S/c1-3-12-22-21-25(18(13-30-21)14-8-10-15(11-9-14)26(28)29)23-19-16-6-4-5-7-17(16)24(2)20(19)27/h3-11,13H,1,12H2,2H3. The lowest BCUT2D eigenvalue weighted by Crippen LogP contribution is -2.27. The number of nitro benzene ring substituents is 1. The Morgan fingerprint density at radius 3 is 2.63 bits per heavy atom. The summed E-state index contributed by atoms with van der Waals surface area (Å²) in [5.41, 5.74) is 3.27. The molecule has 0 fully saturated rings. The van der Waals surface area contributed by atoms with Gasteiger partial charge in [-0.1, -0.05) is 24.3 Å². The minimum atomic E-state index is -0.444. The van der Waals surface area contributed by atoms with Crippen LogP contribution in [0.2, 0.25) is 0 Å². The molecule has 0 atom stereocenters. The van der Waals surface area contributed by atoms with Crippen molar-refractivity contribution in [3.63, 3.8) is 0 Å². The van der Waals surface area contributed by atoms with Gasteiger partial charge in [-0.05, 0) is 18.2 Å². The number of hydrogen-bond acceptors (Lipinski definition) is 6. The molecule has 0 saturated carbocycles. The molecule has 2 heterocycles. The smallest absolute Gasteiger partial charge is 0.279 e. The predicted octanol–water partition coefficient (Wildman–Crippen LogP) is 3.44. The van der Waals surface area contributed by atoms with Crippen molar-refractivity contribution >= 4 is 34.3 Å². The van der Waals surface area contributed by atoms with Crippen LogP contribution in [-0.2, 0) is 4.79 Å². The summed E-state index contributed by atoms with van der Waals surface area (Å²) < 4.78 is 1.61. The summed E-state index contributed by atoms with van der Waals surface area (Å²) in [6, 6.07) is 13.7. The van der Waals surface area contributed by atoms with Gasteiger partial charge in [0.1, 0.15) is 0 Å². The van der Waals surface area contributed by atoms with Crippen molar-refractivity contribution < 1.29 is 9.72 Å². The van der Waals surface area contributed by atoms with E-state index in [9.17, 15) is 14.9 Å². The van der Waals surface area contributed by atoms with Crippen molar-refractivity contribution in [3.8, 4) is 11.3 Å². The van der Waals surface area contributed by atoms with E-state index < -0.39 is 4.92 Å². The Labute approximate surface area is 175 Å². The van der Waals surface area contributed by atoms with E-state index in [1.54, 1.807) is 34.8 Å². The first-order valence-corrected chi connectivity index (χ1v) is 9.92. The second-order valence-electron chi connectivity index (χ2n) is 6.48. The summed E-state index contributed by atoms with van der Waals surface area (Å²) in [6.07, 6.45) is 1.67. The summed E-state index contributed by atoms with van der Waals surface area (Å²) in [5, 5.41) is 17.5. The molecule has 0 radical (unpaired) electrons. The fraction of sp³-hybridized carbons (Fsp3) is 0.0952. The normalized spacial score (nSPS) is 15.0. The van der Waals surface area contributed by atoms with Gasteiger partial charge in [0.05, 0.1) is 22.8 Å². The fourth-order valence-corrected chi connectivity index (χ4v) is 3.99. The number of benzene rings is 2. The van der Waals surface area contributed by atoms with Crippen LogP contribution in [0.5, 0.6) is 0 Å². The van der Waals surface area contributed by atoms with Crippen LogP contribution in [0.3, 0.4) is 0 Å². The number of para-hydroxylation sites is 1. The number of fused-ring (bicyclic) bond motifs is 1. The van der Waals surface area contributed by atoms with E-state index in [-0.39, 0.29) is 11.6 Å². The maximum absolute atomic E-state index is 12.8. The van der Waals surface area contributed by atoms with E-state index in [0.29, 0.717) is 22.8 Å². The molecule has 0 saturated heterocycles. The average molecular weight is 419 g/mol. The minimum absolute atomic E-state index is 0.00457. The molecular formula is C21H17N5O3S. The average Bonchev–Trinajstić information content (AvgIpc) is 3.27. The third-order valence-electron chi connectivity index (χ3n) is 4.64. The number of rotatable bonds is 5. The monoisotopic (exact) mass is 419 g/mol. The molecule has 4 rings (SSSR count). The molecule has 1 aliphatic rings. The number of carbonyl (C=O) groups is 1. The van der Waals surface area contributed by atoms with Gasteiger partial charge in [-0.3, -0.25) is 19.9 Å². The zero-order chi connectivity index (χ0) is 21.3. The van der Waals surface area contributed by atoms with Crippen LogP contribution in [0.25, 0.3) is 11.3 Å². The SMILES string of the molecule is C=CCN=c1scc(-c2ccc([N+](=O)[O-])cc2)n1N=C1C(=O)N(C)c2ccccc21. The highest BCUT2D eigenvalue weighted by Crippen LogP contribution is 2.29. The second-order valence-corrected chi connectivity index (χ2v) is 7.32. The van der Waals surface area contributed by atoms with Gasteiger partial charge in [0.15, 0.2) is 5.71 Å². The lowest BCUT2D eigenvalue weighted by molar-refractivity contribution is -0.384. The first-order chi connectivity index (χ1) is 14.5. The van der Waals surface area contributed by atoms with E-state index >= 15 is 0 Å². The van der Waals surface area contributed by atoms with Crippen molar-refractivity contribution in [2.75, 3.05) is 18.5 Å². The highest BCUT2D eigenvalue weighted by Gasteiger charge is 2.31. The van der Waals surface area contributed by atoms with Crippen LogP contribution in [0.15, 0.2) is 76.7 Å². The first kappa shape index (κ1) is 19.5. The van der Waals surface area contributed by atoms with Crippen LogP contribution in [0.4, 0.5) is 11.4 Å². The molecule has 0 N–H and O–H groups in total. The quantitative estimate of drug-likeness (QED) is 0.360. The summed E-state index contributed by atoms with van der Waals surface area (Å²) in [5.74, 6) is -0.209. The van der Waals surface area contributed by atoms with Crippen molar-refractivity contribution in [3.05, 3.63) is 87.0 Å². The van der Waals surface area contributed by atoms with Crippen LogP contribution in [-0.4, -0.2) is 34.8 Å². The number of thiazole rings is 1. The lowest BCUT2D eigenvalue weighted by Gasteiger charge is -2.07. The van der Waals surface area contributed by atoms with Crippen LogP contribution < -0.4 is 9.70 Å². The molecular weight excluding hydrogens is 402 g/mol. The predicted molar refractivity (Wildman–Crippen MR) is 117 cm³/mol. The van der Waals surface area contributed by atoms with Gasteiger partial charge in [0.2, 0.25) is 4.80 Å². The third-order valence-corrected chi connectivity index (χ3v) is 5.50. The van der Waals surface area contributed by atoms with Gasteiger partial charge < -0.3 is 4.90 Å². The van der Waals surface area contributed by atoms with Gasteiger partial charge in [-0.25, -0.2) is 4.68 Å². The van der Waals surface area contributed by atoms with Gasteiger partial charge in [-0.15, -0.1) is 17.9 Å².